The Morgan fingerprint density at radius 2 is 2.00 bits per heavy atom. The van der Waals surface area contributed by atoms with Crippen LogP contribution in [0.25, 0.3) is 0 Å². The van der Waals surface area contributed by atoms with Crippen LogP contribution in [0.1, 0.15) is 39.5 Å². The molecule has 2 aliphatic rings. The molecule has 2 atom stereocenters. The summed E-state index contributed by atoms with van der Waals surface area (Å²) in [4.78, 5) is 2.51. The lowest BCUT2D eigenvalue weighted by Gasteiger charge is -2.33. The molecule has 3 nitrogen and oxygen atoms in total. The molecule has 100 valence electrons. The molecule has 0 aliphatic heterocycles. The summed E-state index contributed by atoms with van der Waals surface area (Å²) >= 11 is 0. The molecule has 0 spiro atoms. The largest absolute Gasteiger partial charge is 0.395 e. The molecule has 17 heavy (non-hydrogen) atoms. The van der Waals surface area contributed by atoms with E-state index in [1.807, 2.05) is 0 Å². The fraction of sp³-hybridized carbons (Fsp3) is 1.00. The first-order valence-corrected chi connectivity index (χ1v) is 7.10. The Labute approximate surface area is 106 Å². The van der Waals surface area contributed by atoms with Gasteiger partial charge in [-0.25, -0.2) is 0 Å². The molecule has 0 bridgehead atoms. The van der Waals surface area contributed by atoms with Gasteiger partial charge in [0, 0.05) is 25.2 Å². The van der Waals surface area contributed by atoms with E-state index in [-0.39, 0.29) is 0 Å². The van der Waals surface area contributed by atoms with Crippen molar-refractivity contribution in [3.05, 3.63) is 0 Å². The summed E-state index contributed by atoms with van der Waals surface area (Å²) in [6.45, 7) is 7.08. The minimum atomic E-state index is 0.302. The van der Waals surface area contributed by atoms with Gasteiger partial charge in [-0.15, -0.1) is 0 Å². The van der Waals surface area contributed by atoms with Gasteiger partial charge < -0.3 is 10.4 Å². The van der Waals surface area contributed by atoms with Crippen molar-refractivity contribution in [2.45, 2.75) is 51.6 Å². The summed E-state index contributed by atoms with van der Waals surface area (Å²) in [6.07, 6.45) is 5.31. The Kier molecular flexibility index (Phi) is 4.11. The Hall–Kier alpha value is -0.120. The molecule has 0 saturated heterocycles. The van der Waals surface area contributed by atoms with Crippen LogP contribution in [0.3, 0.4) is 0 Å². The van der Waals surface area contributed by atoms with Gasteiger partial charge in [0.15, 0.2) is 0 Å². The standard InChI is InChI=1S/C14H28N2O/c1-14(2)7-6-11(13(14)15-3)10-16(8-9-17)12-4-5-12/h11-13,15,17H,4-10H2,1-3H3. The van der Waals surface area contributed by atoms with E-state index < -0.39 is 0 Å². The van der Waals surface area contributed by atoms with Crippen LogP contribution >= 0.6 is 0 Å². The number of rotatable bonds is 6. The third-order valence-corrected chi connectivity index (χ3v) is 4.70. The van der Waals surface area contributed by atoms with Crippen molar-refractivity contribution in [3.63, 3.8) is 0 Å². The van der Waals surface area contributed by atoms with Gasteiger partial charge in [0.2, 0.25) is 0 Å². The van der Waals surface area contributed by atoms with Crippen LogP contribution in [0.2, 0.25) is 0 Å². The lowest BCUT2D eigenvalue weighted by molar-refractivity contribution is 0.150. The third kappa shape index (κ3) is 3.01. The number of nitrogens with one attached hydrogen (secondary N) is 1. The van der Waals surface area contributed by atoms with Crippen LogP contribution in [-0.2, 0) is 0 Å². The number of aliphatic hydroxyl groups excluding tert-OH is 1. The summed E-state index contributed by atoms with van der Waals surface area (Å²) in [6, 6.07) is 1.39. The van der Waals surface area contributed by atoms with E-state index in [1.54, 1.807) is 0 Å². The predicted octanol–water partition coefficient (Wildman–Crippen LogP) is 1.47. The zero-order valence-electron chi connectivity index (χ0n) is 11.6. The van der Waals surface area contributed by atoms with Crippen LogP contribution in [0.5, 0.6) is 0 Å². The maximum absolute atomic E-state index is 9.16. The second-order valence-electron chi connectivity index (χ2n) is 6.50. The highest BCUT2D eigenvalue weighted by molar-refractivity contribution is 4.98. The minimum Gasteiger partial charge on any atom is -0.395 e. The van der Waals surface area contributed by atoms with Gasteiger partial charge >= 0.3 is 0 Å². The van der Waals surface area contributed by atoms with E-state index >= 15 is 0 Å². The second-order valence-corrected chi connectivity index (χ2v) is 6.50. The topological polar surface area (TPSA) is 35.5 Å². The molecule has 2 fully saturated rings. The number of aliphatic hydroxyl groups is 1. The highest BCUT2D eigenvalue weighted by atomic mass is 16.3. The lowest BCUT2D eigenvalue weighted by atomic mass is 9.85. The summed E-state index contributed by atoms with van der Waals surface area (Å²) < 4.78 is 0. The Bertz CT molecular complexity index is 251. The van der Waals surface area contributed by atoms with Gasteiger partial charge in [0.25, 0.3) is 0 Å². The first kappa shape index (κ1) is 13.3. The monoisotopic (exact) mass is 240 g/mol. The average molecular weight is 240 g/mol. The van der Waals surface area contributed by atoms with Crippen molar-refractivity contribution in [2.75, 3.05) is 26.7 Å². The quantitative estimate of drug-likeness (QED) is 0.738. The van der Waals surface area contributed by atoms with Crippen LogP contribution in [0.4, 0.5) is 0 Å². The SMILES string of the molecule is CNC1C(CN(CCO)C2CC2)CCC1(C)C. The van der Waals surface area contributed by atoms with Crippen molar-refractivity contribution < 1.29 is 5.11 Å². The molecule has 2 unspecified atom stereocenters. The van der Waals surface area contributed by atoms with E-state index in [4.69, 9.17) is 5.11 Å². The highest BCUT2D eigenvalue weighted by Gasteiger charge is 2.42. The molecule has 2 N–H and O–H groups in total. The zero-order chi connectivity index (χ0) is 12.5. The molecule has 0 aromatic carbocycles. The second kappa shape index (κ2) is 5.25. The van der Waals surface area contributed by atoms with Gasteiger partial charge in [-0.1, -0.05) is 13.8 Å². The molecule has 2 saturated carbocycles. The van der Waals surface area contributed by atoms with E-state index in [1.165, 1.54) is 32.2 Å². The molecule has 0 amide bonds. The van der Waals surface area contributed by atoms with Crippen molar-refractivity contribution in [1.29, 1.82) is 0 Å². The van der Waals surface area contributed by atoms with Gasteiger partial charge in [-0.2, -0.15) is 0 Å². The summed E-state index contributed by atoms with van der Waals surface area (Å²) in [7, 11) is 2.10. The zero-order valence-corrected chi connectivity index (χ0v) is 11.6. The minimum absolute atomic E-state index is 0.302. The van der Waals surface area contributed by atoms with Crippen LogP contribution in [0.15, 0.2) is 0 Å². The third-order valence-electron chi connectivity index (χ3n) is 4.70. The molecule has 0 aromatic heterocycles. The van der Waals surface area contributed by atoms with E-state index in [9.17, 15) is 0 Å². The number of nitrogens with zero attached hydrogens (tertiary/aromatic N) is 1. The molecule has 0 aromatic rings. The first-order valence-electron chi connectivity index (χ1n) is 7.10. The normalized spacial score (nSPS) is 32.3. The summed E-state index contributed by atoms with van der Waals surface area (Å²) in [5.74, 6) is 0.752. The molecular weight excluding hydrogens is 212 g/mol. The molecule has 0 heterocycles. The van der Waals surface area contributed by atoms with Gasteiger partial charge in [-0.05, 0) is 44.1 Å². The maximum atomic E-state index is 9.16. The fourth-order valence-electron chi connectivity index (χ4n) is 3.63. The van der Waals surface area contributed by atoms with E-state index in [2.05, 4.69) is 31.1 Å². The Morgan fingerprint density at radius 1 is 1.29 bits per heavy atom. The molecule has 0 radical (unpaired) electrons. The van der Waals surface area contributed by atoms with Crippen LogP contribution in [0, 0.1) is 11.3 Å². The highest BCUT2D eigenvalue weighted by Crippen LogP contribution is 2.42. The maximum Gasteiger partial charge on any atom is 0.0558 e. The van der Waals surface area contributed by atoms with E-state index in [0.717, 1.165) is 18.5 Å². The number of hydrogen-bond acceptors (Lipinski definition) is 3. The van der Waals surface area contributed by atoms with Gasteiger partial charge in [0.05, 0.1) is 6.61 Å². The molecule has 2 rings (SSSR count). The number of hydrogen-bond donors (Lipinski definition) is 2. The summed E-state index contributed by atoms with van der Waals surface area (Å²) in [5.41, 5.74) is 0.424. The van der Waals surface area contributed by atoms with Gasteiger partial charge in [-0.3, -0.25) is 4.90 Å². The van der Waals surface area contributed by atoms with E-state index in [0.29, 0.717) is 18.1 Å². The lowest BCUT2D eigenvalue weighted by Crippen LogP contribution is -2.45. The summed E-state index contributed by atoms with van der Waals surface area (Å²) in [5, 5.41) is 12.7. The predicted molar refractivity (Wildman–Crippen MR) is 71.0 cm³/mol. The van der Waals surface area contributed by atoms with Crippen molar-refractivity contribution in [1.82, 2.24) is 10.2 Å². The Balaban J connectivity index is 1.92. The van der Waals surface area contributed by atoms with Gasteiger partial charge in [0.1, 0.15) is 0 Å². The van der Waals surface area contributed by atoms with Crippen LogP contribution in [-0.4, -0.2) is 48.8 Å². The molecular formula is C14H28N2O. The van der Waals surface area contributed by atoms with Crippen molar-refractivity contribution >= 4 is 0 Å². The first-order chi connectivity index (χ1) is 8.08. The Morgan fingerprint density at radius 3 is 2.53 bits per heavy atom. The van der Waals surface area contributed by atoms with Crippen molar-refractivity contribution in [3.8, 4) is 0 Å². The fourth-order valence-corrected chi connectivity index (χ4v) is 3.63. The molecule has 2 aliphatic carbocycles. The molecule has 3 heteroatoms. The van der Waals surface area contributed by atoms with Crippen molar-refractivity contribution in [2.24, 2.45) is 11.3 Å². The smallest absolute Gasteiger partial charge is 0.0558 e. The van der Waals surface area contributed by atoms with Crippen LogP contribution < -0.4 is 5.32 Å². The average Bonchev–Trinajstić information content (AvgIpc) is 3.05.